The lowest BCUT2D eigenvalue weighted by Gasteiger charge is -2.18. The molecule has 1 saturated carbocycles. The van der Waals surface area contributed by atoms with E-state index in [1.807, 2.05) is 31.2 Å². The van der Waals surface area contributed by atoms with Crippen LogP contribution in [0.5, 0.6) is 0 Å². The molecular weight excluding hydrogens is 230 g/mol. The van der Waals surface area contributed by atoms with E-state index < -0.39 is 11.9 Å². The van der Waals surface area contributed by atoms with Crippen LogP contribution < -0.4 is 0 Å². The van der Waals surface area contributed by atoms with Crippen molar-refractivity contribution in [2.24, 2.45) is 11.8 Å². The van der Waals surface area contributed by atoms with E-state index in [-0.39, 0.29) is 11.8 Å². The monoisotopic (exact) mass is 247 g/mol. The summed E-state index contributed by atoms with van der Waals surface area (Å²) in [7, 11) is 1.73. The fourth-order valence-electron chi connectivity index (χ4n) is 2.14. The molecule has 96 valence electrons. The molecule has 1 aliphatic rings. The summed E-state index contributed by atoms with van der Waals surface area (Å²) in [6.45, 7) is 2.54. The Labute approximate surface area is 106 Å². The van der Waals surface area contributed by atoms with Gasteiger partial charge in [0.2, 0.25) is 5.91 Å². The van der Waals surface area contributed by atoms with Crippen LogP contribution >= 0.6 is 0 Å². The molecule has 2 rings (SSSR count). The van der Waals surface area contributed by atoms with E-state index in [1.165, 1.54) is 0 Å². The van der Waals surface area contributed by atoms with E-state index >= 15 is 0 Å². The molecule has 0 bridgehead atoms. The summed E-state index contributed by atoms with van der Waals surface area (Å²) in [4.78, 5) is 24.4. The van der Waals surface area contributed by atoms with E-state index in [2.05, 4.69) is 0 Å². The highest BCUT2D eigenvalue weighted by atomic mass is 16.4. The molecule has 1 fully saturated rings. The number of aliphatic carboxylic acids is 1. The van der Waals surface area contributed by atoms with Crippen LogP contribution in [0.4, 0.5) is 0 Å². The fourth-order valence-corrected chi connectivity index (χ4v) is 2.14. The Morgan fingerprint density at radius 2 is 2.00 bits per heavy atom. The summed E-state index contributed by atoms with van der Waals surface area (Å²) in [6, 6.07) is 7.89. The quantitative estimate of drug-likeness (QED) is 0.880. The largest absolute Gasteiger partial charge is 0.481 e. The number of carbonyl (C=O) groups is 2. The van der Waals surface area contributed by atoms with E-state index in [4.69, 9.17) is 5.11 Å². The lowest BCUT2D eigenvalue weighted by atomic mass is 10.1. The van der Waals surface area contributed by atoms with Crippen LogP contribution in [0.2, 0.25) is 0 Å². The van der Waals surface area contributed by atoms with Gasteiger partial charge in [-0.2, -0.15) is 0 Å². The number of carboxylic acids is 1. The predicted octanol–water partition coefficient (Wildman–Crippen LogP) is 1.67. The third-order valence-electron chi connectivity index (χ3n) is 3.47. The van der Waals surface area contributed by atoms with Crippen molar-refractivity contribution in [1.29, 1.82) is 0 Å². The summed E-state index contributed by atoms with van der Waals surface area (Å²) in [5.74, 6) is -1.73. The van der Waals surface area contributed by atoms with Gasteiger partial charge in [-0.05, 0) is 24.5 Å². The van der Waals surface area contributed by atoms with Crippen molar-refractivity contribution >= 4 is 11.9 Å². The minimum Gasteiger partial charge on any atom is -0.481 e. The van der Waals surface area contributed by atoms with Gasteiger partial charge in [-0.25, -0.2) is 0 Å². The van der Waals surface area contributed by atoms with Crippen LogP contribution in [0.25, 0.3) is 0 Å². The second kappa shape index (κ2) is 4.80. The Balaban J connectivity index is 1.97. The highest BCUT2D eigenvalue weighted by molar-refractivity contribution is 5.89. The Kier molecular flexibility index (Phi) is 3.36. The Hall–Kier alpha value is -1.84. The predicted molar refractivity (Wildman–Crippen MR) is 66.9 cm³/mol. The molecule has 0 saturated heterocycles. The number of hydrogen-bond acceptors (Lipinski definition) is 2. The maximum atomic E-state index is 12.0. The first kappa shape index (κ1) is 12.6. The molecular formula is C14H17NO3. The minimum absolute atomic E-state index is 0.0642. The molecule has 1 N–H and O–H groups in total. The maximum Gasteiger partial charge on any atom is 0.307 e. The van der Waals surface area contributed by atoms with Gasteiger partial charge in [0.25, 0.3) is 0 Å². The van der Waals surface area contributed by atoms with E-state index in [9.17, 15) is 9.59 Å². The molecule has 0 radical (unpaired) electrons. The molecule has 0 heterocycles. The van der Waals surface area contributed by atoms with Crippen LogP contribution in [-0.4, -0.2) is 28.9 Å². The molecule has 4 heteroatoms. The molecule has 1 aromatic carbocycles. The fraction of sp³-hybridized carbons (Fsp3) is 0.429. The zero-order valence-corrected chi connectivity index (χ0v) is 10.6. The third kappa shape index (κ3) is 2.53. The molecule has 4 nitrogen and oxygen atoms in total. The number of hydrogen-bond donors (Lipinski definition) is 1. The van der Waals surface area contributed by atoms with Gasteiger partial charge in [-0.3, -0.25) is 9.59 Å². The molecule has 0 aliphatic heterocycles. The molecule has 18 heavy (non-hydrogen) atoms. The third-order valence-corrected chi connectivity index (χ3v) is 3.47. The number of benzene rings is 1. The Morgan fingerprint density at radius 3 is 2.56 bits per heavy atom. The van der Waals surface area contributed by atoms with Gasteiger partial charge in [0.1, 0.15) is 0 Å². The lowest BCUT2D eigenvalue weighted by Crippen LogP contribution is -2.29. The van der Waals surface area contributed by atoms with Gasteiger partial charge in [-0.1, -0.05) is 24.3 Å². The lowest BCUT2D eigenvalue weighted by molar-refractivity contribution is -0.141. The van der Waals surface area contributed by atoms with Gasteiger partial charge >= 0.3 is 5.97 Å². The summed E-state index contributed by atoms with van der Waals surface area (Å²) >= 11 is 0. The van der Waals surface area contributed by atoms with Gasteiger partial charge < -0.3 is 10.0 Å². The first-order valence-corrected chi connectivity index (χ1v) is 6.03. The van der Waals surface area contributed by atoms with Crippen molar-refractivity contribution in [3.05, 3.63) is 35.4 Å². The second-order valence-electron chi connectivity index (χ2n) is 4.91. The highest BCUT2D eigenvalue weighted by Gasteiger charge is 2.49. The maximum absolute atomic E-state index is 12.0. The van der Waals surface area contributed by atoms with Crippen molar-refractivity contribution in [3.8, 4) is 0 Å². The second-order valence-corrected chi connectivity index (χ2v) is 4.91. The van der Waals surface area contributed by atoms with Crippen molar-refractivity contribution in [2.75, 3.05) is 7.05 Å². The van der Waals surface area contributed by atoms with Crippen LogP contribution in [0.3, 0.4) is 0 Å². The molecule has 1 amide bonds. The zero-order valence-electron chi connectivity index (χ0n) is 10.6. The Bertz CT molecular complexity index is 484. The number of nitrogens with zero attached hydrogens (tertiary/aromatic N) is 1. The zero-order chi connectivity index (χ0) is 13.3. The van der Waals surface area contributed by atoms with Crippen molar-refractivity contribution in [2.45, 2.75) is 19.9 Å². The van der Waals surface area contributed by atoms with Crippen molar-refractivity contribution in [3.63, 3.8) is 0 Å². The molecule has 1 aromatic rings. The summed E-state index contributed by atoms with van der Waals surface area (Å²) < 4.78 is 0. The average molecular weight is 247 g/mol. The summed E-state index contributed by atoms with van der Waals surface area (Å²) in [6.07, 6.45) is 0.478. The van der Waals surface area contributed by atoms with Gasteiger partial charge in [0, 0.05) is 13.6 Å². The van der Waals surface area contributed by atoms with E-state index in [1.54, 1.807) is 11.9 Å². The Morgan fingerprint density at radius 1 is 1.33 bits per heavy atom. The molecule has 0 aromatic heterocycles. The van der Waals surface area contributed by atoms with Crippen LogP contribution in [0.1, 0.15) is 17.5 Å². The topological polar surface area (TPSA) is 57.6 Å². The molecule has 2 unspecified atom stereocenters. The van der Waals surface area contributed by atoms with E-state index in [0.29, 0.717) is 13.0 Å². The van der Waals surface area contributed by atoms with Gasteiger partial charge in [0.05, 0.1) is 11.8 Å². The standard InChI is InChI=1S/C14H17NO3/c1-9-5-3-4-6-10(9)8-15(2)13(16)11-7-12(11)14(17)18/h3-6,11-12H,7-8H2,1-2H3,(H,17,18). The van der Waals surface area contributed by atoms with Crippen LogP contribution in [0, 0.1) is 18.8 Å². The SMILES string of the molecule is Cc1ccccc1CN(C)C(=O)C1CC1C(=O)O. The number of carboxylic acid groups (broad SMARTS) is 1. The first-order chi connectivity index (χ1) is 8.50. The van der Waals surface area contributed by atoms with Gasteiger partial charge in [-0.15, -0.1) is 0 Å². The van der Waals surface area contributed by atoms with Crippen molar-refractivity contribution < 1.29 is 14.7 Å². The number of rotatable bonds is 4. The molecule has 1 aliphatic carbocycles. The average Bonchev–Trinajstić information content (AvgIpc) is 3.11. The first-order valence-electron chi connectivity index (χ1n) is 6.03. The smallest absolute Gasteiger partial charge is 0.307 e. The number of aryl methyl sites for hydroxylation is 1. The summed E-state index contributed by atoms with van der Waals surface area (Å²) in [5.41, 5.74) is 2.24. The summed E-state index contributed by atoms with van der Waals surface area (Å²) in [5, 5.41) is 8.82. The van der Waals surface area contributed by atoms with Crippen molar-refractivity contribution in [1.82, 2.24) is 4.90 Å². The van der Waals surface area contributed by atoms with Crippen LogP contribution in [-0.2, 0) is 16.1 Å². The molecule has 0 spiro atoms. The minimum atomic E-state index is -0.863. The molecule has 2 atom stereocenters. The van der Waals surface area contributed by atoms with Gasteiger partial charge in [0.15, 0.2) is 0 Å². The highest BCUT2D eigenvalue weighted by Crippen LogP contribution is 2.40. The number of amides is 1. The van der Waals surface area contributed by atoms with E-state index in [0.717, 1.165) is 11.1 Å². The van der Waals surface area contributed by atoms with Crippen LogP contribution in [0.15, 0.2) is 24.3 Å². The number of carbonyl (C=O) groups excluding carboxylic acids is 1. The normalized spacial score (nSPS) is 21.4.